The number of carbonyl (C=O) groups is 3. The third kappa shape index (κ3) is 11.7. The number of aromatic carboxylic acids is 3. The fraction of sp³-hybridized carbons (Fsp3) is 0.200. The van der Waals surface area contributed by atoms with Crippen LogP contribution < -0.4 is 14.7 Å². The molecule has 0 spiro atoms. The van der Waals surface area contributed by atoms with Gasteiger partial charge in [-0.1, -0.05) is 109 Å². The lowest BCUT2D eigenvalue weighted by atomic mass is 10.2. The van der Waals surface area contributed by atoms with Gasteiger partial charge >= 0.3 is 17.9 Å². The minimum atomic E-state index is -1.11. The molecular formula is C45H45N7O6. The zero-order valence-corrected chi connectivity index (χ0v) is 31.9. The van der Waals surface area contributed by atoms with Crippen molar-refractivity contribution >= 4 is 35.4 Å². The van der Waals surface area contributed by atoms with E-state index in [0.717, 1.165) is 16.7 Å². The van der Waals surface area contributed by atoms with Gasteiger partial charge in [0.2, 0.25) is 0 Å². The van der Waals surface area contributed by atoms with E-state index in [1.54, 1.807) is 18.2 Å². The standard InChI is InChI=1S/C45H45N7O6/c53-43(54)37-19-10-22-40(46-37)50(31-34-13-4-1-5-14-34)28-25-49(26-29-51(32-35-15-6-2-7-16-35)41-23-11-20-38(47-41)44(55)56)27-30-52(33-36-17-8-3-9-18-36)42-24-12-21-39(48-42)45(57)58/h1-24H,25-33H2,(H,53,54)(H,55,56)(H,57,58). The summed E-state index contributed by atoms with van der Waals surface area (Å²) in [5, 5.41) is 29.3. The van der Waals surface area contributed by atoms with E-state index in [-0.39, 0.29) is 17.1 Å². The Morgan fingerprint density at radius 1 is 0.362 bits per heavy atom. The van der Waals surface area contributed by atoms with Crippen molar-refractivity contribution in [1.82, 2.24) is 19.9 Å². The minimum Gasteiger partial charge on any atom is -0.477 e. The Labute approximate surface area is 337 Å². The molecule has 13 heteroatoms. The molecule has 296 valence electrons. The number of rotatable bonds is 21. The summed E-state index contributed by atoms with van der Waals surface area (Å²) >= 11 is 0. The molecule has 0 aliphatic heterocycles. The molecule has 13 nitrogen and oxygen atoms in total. The highest BCUT2D eigenvalue weighted by Gasteiger charge is 2.20. The monoisotopic (exact) mass is 779 g/mol. The van der Waals surface area contributed by atoms with Gasteiger partial charge in [0.05, 0.1) is 0 Å². The highest BCUT2D eigenvalue weighted by molar-refractivity contribution is 5.86. The van der Waals surface area contributed by atoms with Gasteiger partial charge in [-0.3, -0.25) is 4.90 Å². The third-order valence-corrected chi connectivity index (χ3v) is 9.54. The van der Waals surface area contributed by atoms with Gasteiger partial charge in [0.25, 0.3) is 0 Å². The summed E-state index contributed by atoms with van der Waals surface area (Å²) in [5.41, 5.74) is 2.96. The minimum absolute atomic E-state index is 0.0484. The van der Waals surface area contributed by atoms with Gasteiger partial charge < -0.3 is 30.0 Å². The van der Waals surface area contributed by atoms with Crippen LogP contribution in [0.1, 0.15) is 48.2 Å². The quantitative estimate of drug-likeness (QED) is 0.0709. The summed E-state index contributed by atoms with van der Waals surface area (Å²) in [7, 11) is 0. The Hall–Kier alpha value is -7.12. The summed E-state index contributed by atoms with van der Waals surface area (Å²) in [5.74, 6) is -1.73. The summed E-state index contributed by atoms with van der Waals surface area (Å²) < 4.78 is 0. The van der Waals surface area contributed by atoms with E-state index in [9.17, 15) is 29.7 Å². The van der Waals surface area contributed by atoms with Crippen molar-refractivity contribution in [3.63, 3.8) is 0 Å². The van der Waals surface area contributed by atoms with Crippen molar-refractivity contribution in [2.24, 2.45) is 0 Å². The molecule has 6 aromatic rings. The Bertz CT molecular complexity index is 2010. The molecule has 0 fully saturated rings. The van der Waals surface area contributed by atoms with Crippen LogP contribution in [-0.2, 0) is 19.6 Å². The first-order valence-corrected chi connectivity index (χ1v) is 18.9. The largest absolute Gasteiger partial charge is 0.477 e. The second-order valence-corrected chi connectivity index (χ2v) is 13.6. The van der Waals surface area contributed by atoms with Crippen molar-refractivity contribution in [3.8, 4) is 0 Å². The smallest absolute Gasteiger partial charge is 0.354 e. The van der Waals surface area contributed by atoms with Gasteiger partial charge in [0, 0.05) is 58.9 Å². The topological polar surface area (TPSA) is 164 Å². The van der Waals surface area contributed by atoms with Crippen molar-refractivity contribution in [2.45, 2.75) is 19.6 Å². The Balaban J connectivity index is 1.31. The van der Waals surface area contributed by atoms with Crippen LogP contribution in [0.15, 0.2) is 146 Å². The maximum absolute atomic E-state index is 11.9. The molecule has 3 aromatic heterocycles. The maximum Gasteiger partial charge on any atom is 0.354 e. The van der Waals surface area contributed by atoms with Crippen LogP contribution in [0.4, 0.5) is 17.5 Å². The second-order valence-electron chi connectivity index (χ2n) is 13.6. The normalized spacial score (nSPS) is 10.9. The number of hydrogen-bond donors (Lipinski definition) is 3. The Morgan fingerprint density at radius 2 is 0.638 bits per heavy atom. The zero-order chi connectivity index (χ0) is 40.7. The molecule has 0 saturated carbocycles. The van der Waals surface area contributed by atoms with Crippen LogP contribution in [-0.4, -0.2) is 92.3 Å². The maximum atomic E-state index is 11.9. The highest BCUT2D eigenvalue weighted by atomic mass is 16.4. The Kier molecular flexibility index (Phi) is 14.1. The van der Waals surface area contributed by atoms with Crippen LogP contribution in [0.25, 0.3) is 0 Å². The summed E-state index contributed by atoms with van der Waals surface area (Å²) in [6, 6.07) is 44.7. The molecule has 0 atom stereocenters. The second kappa shape index (κ2) is 20.2. The van der Waals surface area contributed by atoms with Gasteiger partial charge in [0.15, 0.2) is 17.1 Å². The molecule has 0 amide bonds. The first-order valence-electron chi connectivity index (χ1n) is 18.9. The van der Waals surface area contributed by atoms with Crippen LogP contribution >= 0.6 is 0 Å². The number of hydrogen-bond acceptors (Lipinski definition) is 10. The number of pyridine rings is 3. The molecule has 6 rings (SSSR count). The van der Waals surface area contributed by atoms with Gasteiger partial charge in [-0.15, -0.1) is 0 Å². The molecule has 0 unspecified atom stereocenters. The molecule has 0 bridgehead atoms. The molecule has 0 aliphatic carbocycles. The van der Waals surface area contributed by atoms with E-state index in [0.29, 0.717) is 76.4 Å². The number of carboxylic acid groups (broad SMARTS) is 3. The predicted octanol–water partition coefficient (Wildman–Crippen LogP) is 6.69. The molecule has 3 heterocycles. The van der Waals surface area contributed by atoms with E-state index in [1.165, 1.54) is 18.2 Å². The van der Waals surface area contributed by atoms with Crippen LogP contribution in [0.5, 0.6) is 0 Å². The van der Waals surface area contributed by atoms with E-state index < -0.39 is 17.9 Å². The number of nitrogens with zero attached hydrogens (tertiary/aromatic N) is 7. The molecule has 0 saturated heterocycles. The number of carboxylic acids is 3. The number of aromatic nitrogens is 3. The summed E-state index contributed by atoms with van der Waals surface area (Å²) in [6.07, 6.45) is 0. The number of benzene rings is 3. The third-order valence-electron chi connectivity index (χ3n) is 9.54. The van der Waals surface area contributed by atoms with E-state index in [2.05, 4.69) is 34.6 Å². The van der Waals surface area contributed by atoms with Crippen molar-refractivity contribution in [3.05, 3.63) is 179 Å². The lowest BCUT2D eigenvalue weighted by molar-refractivity contribution is 0.0680. The van der Waals surface area contributed by atoms with Crippen molar-refractivity contribution in [2.75, 3.05) is 54.0 Å². The van der Waals surface area contributed by atoms with E-state index in [1.807, 2.05) is 109 Å². The van der Waals surface area contributed by atoms with Crippen LogP contribution in [0, 0.1) is 0 Å². The van der Waals surface area contributed by atoms with Gasteiger partial charge in [-0.05, 0) is 53.1 Å². The van der Waals surface area contributed by atoms with E-state index in [4.69, 9.17) is 0 Å². The molecule has 0 radical (unpaired) electrons. The molecule has 3 N–H and O–H groups in total. The predicted molar refractivity (Wildman–Crippen MR) is 223 cm³/mol. The van der Waals surface area contributed by atoms with E-state index >= 15 is 0 Å². The zero-order valence-electron chi connectivity index (χ0n) is 31.9. The van der Waals surface area contributed by atoms with Gasteiger partial charge in [-0.2, -0.15) is 0 Å². The SMILES string of the molecule is O=C(O)c1cccc(N(CCN(CCN(Cc2ccccc2)c2cccc(C(=O)O)n2)CCN(Cc2ccccc2)c2cccc(C(=O)O)n2)Cc2ccccc2)n1. The molecule has 0 aliphatic rings. The first-order chi connectivity index (χ1) is 28.2. The van der Waals surface area contributed by atoms with Gasteiger partial charge in [-0.25, -0.2) is 29.3 Å². The summed E-state index contributed by atoms with van der Waals surface area (Å²) in [4.78, 5) is 57.8. The van der Waals surface area contributed by atoms with Crippen LogP contribution in [0.2, 0.25) is 0 Å². The molecular weight excluding hydrogens is 735 g/mol. The Morgan fingerprint density at radius 3 is 0.897 bits per heavy atom. The fourth-order valence-electron chi connectivity index (χ4n) is 6.51. The van der Waals surface area contributed by atoms with Crippen LogP contribution in [0.3, 0.4) is 0 Å². The van der Waals surface area contributed by atoms with Crippen molar-refractivity contribution in [1.29, 1.82) is 0 Å². The molecule has 3 aromatic carbocycles. The average Bonchev–Trinajstić information content (AvgIpc) is 3.25. The van der Waals surface area contributed by atoms with Gasteiger partial charge in [0.1, 0.15) is 17.5 Å². The first kappa shape index (κ1) is 40.5. The fourth-order valence-corrected chi connectivity index (χ4v) is 6.51. The molecule has 58 heavy (non-hydrogen) atoms. The lowest BCUT2D eigenvalue weighted by Gasteiger charge is -2.33. The van der Waals surface area contributed by atoms with Crippen molar-refractivity contribution < 1.29 is 29.7 Å². The number of anilines is 3. The highest BCUT2D eigenvalue weighted by Crippen LogP contribution is 2.20. The average molecular weight is 780 g/mol. The summed E-state index contributed by atoms with van der Waals surface area (Å²) in [6.45, 7) is 4.54. The lowest BCUT2D eigenvalue weighted by Crippen LogP contribution is -2.43.